The van der Waals surface area contributed by atoms with E-state index >= 15 is 0 Å². The Labute approximate surface area is 175 Å². The van der Waals surface area contributed by atoms with Gasteiger partial charge in [0.05, 0.1) is 16.2 Å². The third kappa shape index (κ3) is 3.48. The zero-order valence-electron chi connectivity index (χ0n) is 16.9. The van der Waals surface area contributed by atoms with Gasteiger partial charge in [-0.2, -0.15) is 13.2 Å². The molecule has 0 N–H and O–H groups in total. The second-order valence-electron chi connectivity index (χ2n) is 7.33. The molecular weight excluding hydrogens is 437 g/mol. The molecule has 1 aliphatic carbocycles. The van der Waals surface area contributed by atoms with E-state index in [1.807, 2.05) is 0 Å². The highest BCUT2D eigenvalue weighted by atomic mass is 32.2. The minimum absolute atomic E-state index is 0.0122. The Morgan fingerprint density at radius 1 is 1.26 bits per heavy atom. The molecule has 0 bridgehead atoms. The van der Waals surface area contributed by atoms with Gasteiger partial charge in [0.25, 0.3) is 0 Å². The van der Waals surface area contributed by atoms with E-state index in [2.05, 4.69) is 14.8 Å². The molecule has 166 valence electrons. The summed E-state index contributed by atoms with van der Waals surface area (Å²) in [6.07, 6.45) is -1.43. The van der Waals surface area contributed by atoms with Crippen LogP contribution >= 0.6 is 0 Å². The standard InChI is InChI=1S/C19H19F3N4O4S/c1-4-31(28,29)13-7-11(10-5-6-10)9-23-15(13)17-24-12-8-14(19(20,21)22)26(30-3)18(27)16(12)25(17)2/h7-10H,4-6H2,1-3H3. The first-order chi connectivity index (χ1) is 14.5. The largest absolute Gasteiger partial charge is 0.435 e. The molecule has 0 aliphatic heterocycles. The first kappa shape index (κ1) is 21.3. The minimum Gasteiger partial charge on any atom is -0.413 e. The van der Waals surface area contributed by atoms with Gasteiger partial charge in [-0.15, -0.1) is 4.73 Å². The van der Waals surface area contributed by atoms with Crippen LogP contribution in [0.3, 0.4) is 0 Å². The van der Waals surface area contributed by atoms with Crippen LogP contribution in [0.4, 0.5) is 13.2 Å². The molecule has 0 aromatic carbocycles. The molecule has 3 heterocycles. The molecular formula is C19H19F3N4O4S. The first-order valence-electron chi connectivity index (χ1n) is 9.46. The fourth-order valence-corrected chi connectivity index (χ4v) is 4.58. The topological polar surface area (TPSA) is 96.1 Å². The molecule has 0 unspecified atom stereocenters. The molecule has 1 saturated carbocycles. The van der Waals surface area contributed by atoms with Gasteiger partial charge in [0.1, 0.15) is 18.3 Å². The summed E-state index contributed by atoms with van der Waals surface area (Å²) in [6.45, 7) is 1.49. The monoisotopic (exact) mass is 456 g/mol. The predicted octanol–water partition coefficient (Wildman–Crippen LogP) is 2.55. The average molecular weight is 456 g/mol. The number of aryl methyl sites for hydroxylation is 1. The Morgan fingerprint density at radius 3 is 2.48 bits per heavy atom. The van der Waals surface area contributed by atoms with Crippen LogP contribution in [0.2, 0.25) is 0 Å². The van der Waals surface area contributed by atoms with Crippen molar-refractivity contribution in [3.05, 3.63) is 39.9 Å². The van der Waals surface area contributed by atoms with Crippen LogP contribution in [-0.4, -0.2) is 40.5 Å². The number of rotatable bonds is 5. The van der Waals surface area contributed by atoms with E-state index < -0.39 is 27.3 Å². The number of fused-ring (bicyclic) bond motifs is 1. The quantitative estimate of drug-likeness (QED) is 0.586. The van der Waals surface area contributed by atoms with Gasteiger partial charge < -0.3 is 9.40 Å². The van der Waals surface area contributed by atoms with E-state index in [1.54, 1.807) is 12.3 Å². The molecule has 12 heteroatoms. The smallest absolute Gasteiger partial charge is 0.413 e. The number of sulfone groups is 1. The molecule has 0 atom stereocenters. The van der Waals surface area contributed by atoms with Crippen LogP contribution in [0.5, 0.6) is 0 Å². The second-order valence-corrected chi connectivity index (χ2v) is 9.58. The minimum atomic E-state index is -4.86. The molecule has 0 saturated heterocycles. The van der Waals surface area contributed by atoms with Crippen LogP contribution in [0.1, 0.15) is 36.9 Å². The van der Waals surface area contributed by atoms with Crippen molar-refractivity contribution in [1.82, 2.24) is 19.3 Å². The van der Waals surface area contributed by atoms with Crippen molar-refractivity contribution in [3.8, 4) is 11.5 Å². The normalized spacial score (nSPS) is 14.9. The molecule has 3 aromatic rings. The van der Waals surface area contributed by atoms with Gasteiger partial charge in [-0.1, -0.05) is 6.92 Å². The number of pyridine rings is 2. The van der Waals surface area contributed by atoms with Crippen molar-refractivity contribution in [3.63, 3.8) is 0 Å². The summed E-state index contributed by atoms with van der Waals surface area (Å²) < 4.78 is 67.1. The predicted molar refractivity (Wildman–Crippen MR) is 105 cm³/mol. The van der Waals surface area contributed by atoms with Crippen LogP contribution in [0.25, 0.3) is 22.6 Å². The van der Waals surface area contributed by atoms with Crippen molar-refractivity contribution in [1.29, 1.82) is 0 Å². The lowest BCUT2D eigenvalue weighted by Gasteiger charge is -2.13. The van der Waals surface area contributed by atoms with E-state index in [4.69, 9.17) is 0 Å². The number of nitrogens with zero attached hydrogens (tertiary/aromatic N) is 4. The van der Waals surface area contributed by atoms with Gasteiger partial charge in [0, 0.05) is 13.2 Å². The van der Waals surface area contributed by atoms with E-state index in [9.17, 15) is 26.4 Å². The lowest BCUT2D eigenvalue weighted by molar-refractivity contribution is -0.151. The van der Waals surface area contributed by atoms with Crippen molar-refractivity contribution in [2.24, 2.45) is 7.05 Å². The number of alkyl halides is 3. The third-order valence-electron chi connectivity index (χ3n) is 5.32. The van der Waals surface area contributed by atoms with E-state index in [0.29, 0.717) is 6.07 Å². The zero-order valence-corrected chi connectivity index (χ0v) is 17.7. The lowest BCUT2D eigenvalue weighted by Crippen LogP contribution is -2.32. The highest BCUT2D eigenvalue weighted by Crippen LogP contribution is 2.41. The SMILES string of the molecule is CCS(=O)(=O)c1cc(C2CC2)cnc1-c1nc2cc(C(F)(F)F)n(OC)c(=O)c2n1C. The first-order valence-corrected chi connectivity index (χ1v) is 11.1. The highest BCUT2D eigenvalue weighted by Gasteiger charge is 2.37. The average Bonchev–Trinajstić information content (AvgIpc) is 3.50. The van der Waals surface area contributed by atoms with Crippen molar-refractivity contribution in [2.75, 3.05) is 12.9 Å². The van der Waals surface area contributed by atoms with Crippen molar-refractivity contribution in [2.45, 2.75) is 36.8 Å². The maximum absolute atomic E-state index is 13.4. The Hall–Kier alpha value is -2.89. The molecule has 3 aromatic heterocycles. The summed E-state index contributed by atoms with van der Waals surface area (Å²) in [5, 5.41) is 0. The van der Waals surface area contributed by atoms with Crippen molar-refractivity contribution < 1.29 is 26.4 Å². The fourth-order valence-electron chi connectivity index (χ4n) is 3.52. The fraction of sp³-hybridized carbons (Fsp3) is 0.421. The Morgan fingerprint density at radius 2 is 1.94 bits per heavy atom. The van der Waals surface area contributed by atoms with Crippen LogP contribution in [-0.2, 0) is 23.1 Å². The van der Waals surface area contributed by atoms with Gasteiger partial charge in [0.2, 0.25) is 0 Å². The second kappa shape index (κ2) is 7.08. The zero-order chi connectivity index (χ0) is 22.7. The number of hydrogen-bond donors (Lipinski definition) is 0. The maximum atomic E-state index is 13.4. The Bertz CT molecular complexity index is 1360. The third-order valence-corrected chi connectivity index (χ3v) is 7.07. The number of aromatic nitrogens is 4. The molecule has 8 nitrogen and oxygen atoms in total. The highest BCUT2D eigenvalue weighted by molar-refractivity contribution is 7.91. The molecule has 0 radical (unpaired) electrons. The lowest BCUT2D eigenvalue weighted by atomic mass is 10.2. The van der Waals surface area contributed by atoms with E-state index in [-0.39, 0.29) is 43.8 Å². The summed E-state index contributed by atoms with van der Waals surface area (Å²) in [4.78, 5) is 25.8. The molecule has 0 spiro atoms. The van der Waals surface area contributed by atoms with Gasteiger partial charge >= 0.3 is 11.7 Å². The number of imidazole rings is 1. The van der Waals surface area contributed by atoms with Crippen LogP contribution in [0, 0.1) is 0 Å². The van der Waals surface area contributed by atoms with Gasteiger partial charge in [-0.05, 0) is 36.5 Å². The molecule has 0 amide bonds. The summed E-state index contributed by atoms with van der Waals surface area (Å²) in [7, 11) is -1.35. The summed E-state index contributed by atoms with van der Waals surface area (Å²) in [6, 6.07) is 2.24. The molecule has 1 fully saturated rings. The molecule has 4 rings (SSSR count). The van der Waals surface area contributed by atoms with Crippen molar-refractivity contribution >= 4 is 20.9 Å². The molecule has 1 aliphatic rings. The number of hydrogen-bond acceptors (Lipinski definition) is 6. The van der Waals surface area contributed by atoms with Crippen LogP contribution in [0.15, 0.2) is 28.0 Å². The summed E-state index contributed by atoms with van der Waals surface area (Å²) in [5.41, 5.74) is -2.02. The summed E-state index contributed by atoms with van der Waals surface area (Å²) in [5.74, 6) is 0.0357. The Kier molecular flexibility index (Phi) is 4.87. The number of halogens is 3. The Balaban J connectivity index is 2.03. The maximum Gasteiger partial charge on any atom is 0.435 e. The van der Waals surface area contributed by atoms with Crippen LogP contribution < -0.4 is 10.4 Å². The molecule has 31 heavy (non-hydrogen) atoms. The van der Waals surface area contributed by atoms with Gasteiger partial charge in [-0.25, -0.2) is 13.4 Å². The summed E-state index contributed by atoms with van der Waals surface area (Å²) >= 11 is 0. The van der Waals surface area contributed by atoms with Gasteiger partial charge in [0.15, 0.2) is 21.4 Å². The van der Waals surface area contributed by atoms with E-state index in [0.717, 1.165) is 25.5 Å². The van der Waals surface area contributed by atoms with E-state index in [1.165, 1.54) is 18.5 Å². The van der Waals surface area contributed by atoms with Gasteiger partial charge in [-0.3, -0.25) is 9.78 Å².